The van der Waals surface area contributed by atoms with Gasteiger partial charge in [0.2, 0.25) is 17.3 Å². The average molecular weight is 434 g/mol. The van der Waals surface area contributed by atoms with Gasteiger partial charge in [-0.3, -0.25) is 14.4 Å². The minimum atomic E-state index is -4.40. The van der Waals surface area contributed by atoms with Crippen molar-refractivity contribution in [2.24, 2.45) is 0 Å². The molecule has 10 heteroatoms. The Bertz CT molecular complexity index is 1180. The Morgan fingerprint density at radius 3 is 2.53 bits per heavy atom. The summed E-state index contributed by atoms with van der Waals surface area (Å²) in [5.41, 5.74) is 0.417. The van der Waals surface area contributed by atoms with Crippen molar-refractivity contribution >= 4 is 28.8 Å². The van der Waals surface area contributed by atoms with Crippen molar-refractivity contribution in [2.75, 3.05) is 6.54 Å². The monoisotopic (exact) mass is 434 g/mol. The van der Waals surface area contributed by atoms with Gasteiger partial charge in [-0.2, -0.15) is 13.2 Å². The summed E-state index contributed by atoms with van der Waals surface area (Å²) in [5.74, 6) is -1.52. The molecule has 2 aromatic heterocycles. The molecule has 0 atom stereocenters. The summed E-state index contributed by atoms with van der Waals surface area (Å²) < 4.78 is 42.7. The van der Waals surface area contributed by atoms with E-state index in [1.807, 2.05) is 0 Å². The highest BCUT2D eigenvalue weighted by Gasteiger charge is 2.38. The molecule has 4 rings (SSSR count). The van der Waals surface area contributed by atoms with E-state index in [4.69, 9.17) is 4.52 Å². The van der Waals surface area contributed by atoms with Crippen LogP contribution in [0.5, 0.6) is 0 Å². The molecule has 154 valence electrons. The number of alkyl halides is 3. The zero-order valence-corrected chi connectivity index (χ0v) is 16.2. The molecular formula is C20H13F3N2O4S. The van der Waals surface area contributed by atoms with Gasteiger partial charge < -0.3 is 9.84 Å². The number of ketones is 2. The van der Waals surface area contributed by atoms with Crippen molar-refractivity contribution in [3.05, 3.63) is 73.8 Å². The van der Waals surface area contributed by atoms with Crippen molar-refractivity contribution in [3.63, 3.8) is 0 Å². The third kappa shape index (κ3) is 3.43. The van der Waals surface area contributed by atoms with Crippen LogP contribution in [0.1, 0.15) is 57.8 Å². The average Bonchev–Trinajstić information content (AvgIpc) is 3.31. The zero-order valence-electron chi connectivity index (χ0n) is 15.4. The van der Waals surface area contributed by atoms with E-state index in [2.05, 4.69) is 10.5 Å². The predicted octanol–water partition coefficient (Wildman–Crippen LogP) is 3.81. The Morgan fingerprint density at radius 2 is 1.87 bits per heavy atom. The van der Waals surface area contributed by atoms with Crippen LogP contribution in [-0.2, 0) is 12.6 Å². The highest BCUT2D eigenvalue weighted by molar-refractivity contribution is 7.16. The molecule has 1 aliphatic rings. The number of hydrogen-bond donors (Lipinski definition) is 1. The van der Waals surface area contributed by atoms with Crippen molar-refractivity contribution in [3.8, 4) is 0 Å². The molecule has 0 fully saturated rings. The van der Waals surface area contributed by atoms with Crippen LogP contribution in [0.25, 0.3) is 0 Å². The van der Waals surface area contributed by atoms with Gasteiger partial charge in [-0.1, -0.05) is 17.3 Å². The second-order valence-corrected chi connectivity index (χ2v) is 7.74. The van der Waals surface area contributed by atoms with Crippen LogP contribution < -0.4 is 5.32 Å². The number of nitrogens with one attached hydrogen (secondary N) is 1. The van der Waals surface area contributed by atoms with E-state index in [9.17, 15) is 27.6 Å². The summed E-state index contributed by atoms with van der Waals surface area (Å²) in [5, 5.41) is 6.30. The van der Waals surface area contributed by atoms with E-state index in [0.29, 0.717) is 17.7 Å². The predicted molar refractivity (Wildman–Crippen MR) is 99.9 cm³/mol. The number of fused-ring (bicyclic) bond motifs is 2. The molecule has 2 heterocycles. The Balaban J connectivity index is 1.43. The van der Waals surface area contributed by atoms with E-state index in [-0.39, 0.29) is 33.2 Å². The quantitative estimate of drug-likeness (QED) is 0.528. The number of amides is 1. The molecule has 0 saturated carbocycles. The molecule has 0 unspecified atom stereocenters. The summed E-state index contributed by atoms with van der Waals surface area (Å²) >= 11 is 0.905. The first kappa shape index (κ1) is 20.0. The molecule has 1 amide bonds. The Kier molecular flexibility index (Phi) is 4.81. The summed E-state index contributed by atoms with van der Waals surface area (Å²) in [6.45, 7) is 1.74. The second kappa shape index (κ2) is 7.21. The maximum absolute atomic E-state index is 12.6. The number of carbonyl (C=O) groups is 3. The molecule has 30 heavy (non-hydrogen) atoms. The summed E-state index contributed by atoms with van der Waals surface area (Å²) in [6, 6.07) is 6.03. The van der Waals surface area contributed by atoms with E-state index in [0.717, 1.165) is 23.5 Å². The number of halogens is 3. The van der Waals surface area contributed by atoms with E-state index < -0.39 is 29.2 Å². The summed E-state index contributed by atoms with van der Waals surface area (Å²) in [6.07, 6.45) is -4.07. The van der Waals surface area contributed by atoms with Crippen molar-refractivity contribution in [1.82, 2.24) is 10.5 Å². The molecule has 0 spiro atoms. The number of carbonyl (C=O) groups excluding carboxylic acids is 3. The van der Waals surface area contributed by atoms with E-state index in [1.165, 1.54) is 18.2 Å². The SMILES string of the molecule is Cc1noc2c1C(=O)c1sc(C(=O)NCCc3ccc(C(F)(F)F)cc3)cc1C2=O. The lowest BCUT2D eigenvalue weighted by atomic mass is 9.93. The molecule has 1 aromatic carbocycles. The maximum Gasteiger partial charge on any atom is 0.416 e. The number of rotatable bonds is 4. The number of aryl methyl sites for hydroxylation is 1. The van der Waals surface area contributed by atoms with Crippen LogP contribution in [0, 0.1) is 6.92 Å². The van der Waals surface area contributed by atoms with Gasteiger partial charge in [0.05, 0.1) is 26.6 Å². The number of nitrogens with zero attached hydrogens (tertiary/aromatic N) is 1. The summed E-state index contributed by atoms with van der Waals surface area (Å²) in [7, 11) is 0. The fourth-order valence-corrected chi connectivity index (χ4v) is 4.15. The molecule has 0 aliphatic heterocycles. The van der Waals surface area contributed by atoms with Crippen LogP contribution >= 0.6 is 11.3 Å². The van der Waals surface area contributed by atoms with Crippen molar-refractivity contribution in [2.45, 2.75) is 19.5 Å². The topological polar surface area (TPSA) is 89.3 Å². The first-order chi connectivity index (χ1) is 14.2. The molecule has 3 aromatic rings. The third-order valence-corrected chi connectivity index (χ3v) is 5.82. The van der Waals surface area contributed by atoms with E-state index >= 15 is 0 Å². The zero-order chi connectivity index (χ0) is 21.6. The fraction of sp³-hybridized carbons (Fsp3) is 0.200. The molecular weight excluding hydrogens is 421 g/mol. The summed E-state index contributed by atoms with van der Waals surface area (Å²) in [4.78, 5) is 37.9. The normalized spacial score (nSPS) is 13.2. The lowest BCUT2D eigenvalue weighted by Gasteiger charge is -2.08. The van der Waals surface area contributed by atoms with Crippen molar-refractivity contribution < 1.29 is 32.1 Å². The highest BCUT2D eigenvalue weighted by Crippen LogP contribution is 2.34. The first-order valence-corrected chi connectivity index (χ1v) is 9.62. The van der Waals surface area contributed by atoms with Gasteiger partial charge >= 0.3 is 6.18 Å². The van der Waals surface area contributed by atoms with Crippen LogP contribution in [0.4, 0.5) is 13.2 Å². The number of thiophene rings is 1. The maximum atomic E-state index is 12.6. The lowest BCUT2D eigenvalue weighted by molar-refractivity contribution is -0.137. The number of aromatic nitrogens is 1. The van der Waals surface area contributed by atoms with E-state index in [1.54, 1.807) is 6.92 Å². The van der Waals surface area contributed by atoms with Crippen molar-refractivity contribution in [1.29, 1.82) is 0 Å². The van der Waals surface area contributed by atoms with Gasteiger partial charge in [0.25, 0.3) is 5.91 Å². The standard InChI is InChI=1S/C20H13F3N2O4S/c1-9-14-16(27)18-12(15(26)17(14)29-25-9)8-13(30-18)19(28)24-7-6-10-2-4-11(5-3-10)20(21,22)23/h2-5,8H,6-7H2,1H3,(H,24,28). The number of benzene rings is 1. The van der Waals surface area contributed by atoms with Crippen LogP contribution in [0.2, 0.25) is 0 Å². The largest absolute Gasteiger partial charge is 0.416 e. The van der Waals surface area contributed by atoms with Gasteiger partial charge in [0, 0.05) is 12.1 Å². The molecule has 6 nitrogen and oxygen atoms in total. The van der Waals surface area contributed by atoms with Crippen LogP contribution in [-0.4, -0.2) is 29.2 Å². The Morgan fingerprint density at radius 1 is 1.17 bits per heavy atom. The molecule has 0 saturated heterocycles. The second-order valence-electron chi connectivity index (χ2n) is 6.68. The van der Waals surface area contributed by atoms with Gasteiger partial charge in [0.1, 0.15) is 0 Å². The lowest BCUT2D eigenvalue weighted by Crippen LogP contribution is -2.24. The first-order valence-electron chi connectivity index (χ1n) is 8.80. The van der Waals surface area contributed by atoms with Gasteiger partial charge in [-0.25, -0.2) is 0 Å². The molecule has 1 N–H and O–H groups in total. The Hall–Kier alpha value is -3.27. The number of hydrogen-bond acceptors (Lipinski definition) is 6. The molecule has 0 bridgehead atoms. The fourth-order valence-electron chi connectivity index (χ4n) is 3.14. The molecule has 0 radical (unpaired) electrons. The minimum Gasteiger partial charge on any atom is -0.352 e. The highest BCUT2D eigenvalue weighted by atomic mass is 32.1. The van der Waals surface area contributed by atoms with Gasteiger partial charge in [-0.15, -0.1) is 11.3 Å². The van der Waals surface area contributed by atoms with Crippen LogP contribution in [0.15, 0.2) is 34.9 Å². The third-order valence-electron chi connectivity index (χ3n) is 4.68. The molecule has 1 aliphatic carbocycles. The Labute approximate surface area is 171 Å². The smallest absolute Gasteiger partial charge is 0.352 e. The van der Waals surface area contributed by atoms with Crippen LogP contribution in [0.3, 0.4) is 0 Å². The van der Waals surface area contributed by atoms with Gasteiger partial charge in [0.15, 0.2) is 0 Å². The minimum absolute atomic E-state index is 0.0986. The van der Waals surface area contributed by atoms with Gasteiger partial charge in [-0.05, 0) is 37.1 Å².